The van der Waals surface area contributed by atoms with Gasteiger partial charge < -0.3 is 4.74 Å². The van der Waals surface area contributed by atoms with E-state index in [2.05, 4.69) is 18.2 Å². The maximum Gasteiger partial charge on any atom is 0.123 e. The van der Waals surface area contributed by atoms with Gasteiger partial charge in [-0.2, -0.15) is 0 Å². The third-order valence-corrected chi connectivity index (χ3v) is 2.12. The van der Waals surface area contributed by atoms with E-state index in [1.165, 1.54) is 0 Å². The van der Waals surface area contributed by atoms with Gasteiger partial charge in [0, 0.05) is 11.6 Å². The molecule has 74 valence electrons. The normalized spacial score (nSPS) is 11.8. The summed E-state index contributed by atoms with van der Waals surface area (Å²) in [6.45, 7) is 2.63. The zero-order valence-electron chi connectivity index (χ0n) is 8.58. The molecular weight excluding hydrogens is 174 g/mol. The monoisotopic (exact) mass is 189 g/mol. The van der Waals surface area contributed by atoms with Crippen LogP contribution >= 0.6 is 0 Å². The lowest BCUT2D eigenvalue weighted by Gasteiger charge is -2.15. The molecule has 0 saturated heterocycles. The molecule has 0 aliphatic rings. The molecule has 0 spiro atoms. The summed E-state index contributed by atoms with van der Waals surface area (Å²) in [5.41, 5.74) is 1.13. The standard InChI is InChI=1S/C12H15NO/c1-4-9-13-10(2)11-7-5-6-8-12(11)14-3/h1,5-8,10,13H,9H2,2-3H3/t10-/m1/s1. The van der Waals surface area contributed by atoms with Crippen LogP contribution in [0.1, 0.15) is 18.5 Å². The average Bonchev–Trinajstić information content (AvgIpc) is 2.25. The average molecular weight is 189 g/mol. The van der Waals surface area contributed by atoms with Crippen molar-refractivity contribution >= 4 is 0 Å². The van der Waals surface area contributed by atoms with Crippen LogP contribution in [0.2, 0.25) is 0 Å². The van der Waals surface area contributed by atoms with Crippen molar-refractivity contribution in [1.82, 2.24) is 5.32 Å². The first kappa shape index (κ1) is 10.6. The fraction of sp³-hybridized carbons (Fsp3) is 0.333. The fourth-order valence-electron chi connectivity index (χ4n) is 1.35. The van der Waals surface area contributed by atoms with E-state index in [9.17, 15) is 0 Å². The minimum Gasteiger partial charge on any atom is -0.496 e. The molecule has 0 heterocycles. The summed E-state index contributed by atoms with van der Waals surface area (Å²) in [5.74, 6) is 3.45. The Morgan fingerprint density at radius 3 is 2.86 bits per heavy atom. The third-order valence-electron chi connectivity index (χ3n) is 2.12. The first-order chi connectivity index (χ1) is 6.79. The van der Waals surface area contributed by atoms with E-state index in [0.29, 0.717) is 6.54 Å². The van der Waals surface area contributed by atoms with Crippen molar-refractivity contribution in [1.29, 1.82) is 0 Å². The molecule has 1 N–H and O–H groups in total. The molecule has 1 aromatic carbocycles. The van der Waals surface area contributed by atoms with E-state index in [4.69, 9.17) is 11.2 Å². The topological polar surface area (TPSA) is 21.3 Å². The molecule has 0 aliphatic carbocycles. The Bertz CT molecular complexity index is 327. The Kier molecular flexibility index (Phi) is 4.03. The van der Waals surface area contributed by atoms with Crippen molar-refractivity contribution in [2.24, 2.45) is 0 Å². The van der Waals surface area contributed by atoms with Gasteiger partial charge in [-0.05, 0) is 13.0 Å². The Morgan fingerprint density at radius 1 is 1.50 bits per heavy atom. The minimum absolute atomic E-state index is 0.210. The summed E-state index contributed by atoms with van der Waals surface area (Å²) >= 11 is 0. The van der Waals surface area contributed by atoms with Gasteiger partial charge in [-0.15, -0.1) is 6.42 Å². The minimum atomic E-state index is 0.210. The summed E-state index contributed by atoms with van der Waals surface area (Å²) in [5, 5.41) is 3.21. The van der Waals surface area contributed by atoms with Crippen LogP contribution in [0.3, 0.4) is 0 Å². The van der Waals surface area contributed by atoms with Gasteiger partial charge in [0.15, 0.2) is 0 Å². The molecule has 0 aromatic heterocycles. The second-order valence-corrected chi connectivity index (χ2v) is 3.05. The van der Waals surface area contributed by atoms with Crippen LogP contribution in [-0.4, -0.2) is 13.7 Å². The molecule has 0 saturated carbocycles. The third kappa shape index (κ3) is 2.51. The van der Waals surface area contributed by atoms with Gasteiger partial charge in [0.2, 0.25) is 0 Å². The van der Waals surface area contributed by atoms with Crippen molar-refractivity contribution in [3.8, 4) is 18.1 Å². The number of ether oxygens (including phenoxy) is 1. The molecule has 1 atom stereocenters. The highest BCUT2D eigenvalue weighted by atomic mass is 16.5. The van der Waals surface area contributed by atoms with Crippen LogP contribution in [0, 0.1) is 12.3 Å². The number of benzene rings is 1. The maximum atomic E-state index is 5.25. The maximum absolute atomic E-state index is 5.25. The van der Waals surface area contributed by atoms with Gasteiger partial charge in [-0.3, -0.25) is 5.32 Å². The summed E-state index contributed by atoms with van der Waals surface area (Å²) < 4.78 is 5.25. The zero-order chi connectivity index (χ0) is 10.4. The number of hydrogen-bond acceptors (Lipinski definition) is 2. The van der Waals surface area contributed by atoms with E-state index < -0.39 is 0 Å². The van der Waals surface area contributed by atoms with Gasteiger partial charge in [0.1, 0.15) is 5.75 Å². The highest BCUT2D eigenvalue weighted by Crippen LogP contribution is 2.23. The Labute approximate surface area is 85.3 Å². The molecule has 0 bridgehead atoms. The fourth-order valence-corrected chi connectivity index (χ4v) is 1.35. The van der Waals surface area contributed by atoms with Crippen LogP contribution in [0.4, 0.5) is 0 Å². The van der Waals surface area contributed by atoms with Gasteiger partial charge in [0.05, 0.1) is 13.7 Å². The second-order valence-electron chi connectivity index (χ2n) is 3.05. The molecule has 0 aliphatic heterocycles. The highest BCUT2D eigenvalue weighted by Gasteiger charge is 2.08. The lowest BCUT2D eigenvalue weighted by Crippen LogP contribution is -2.19. The Balaban J connectivity index is 2.78. The molecular formula is C12H15NO. The number of nitrogens with one attached hydrogen (secondary N) is 1. The zero-order valence-corrected chi connectivity index (χ0v) is 8.58. The van der Waals surface area contributed by atoms with Crippen LogP contribution in [0.25, 0.3) is 0 Å². The first-order valence-electron chi connectivity index (χ1n) is 4.59. The molecule has 1 rings (SSSR count). The number of hydrogen-bond donors (Lipinski definition) is 1. The molecule has 2 nitrogen and oxygen atoms in total. The van der Waals surface area contributed by atoms with Crippen LogP contribution in [0.15, 0.2) is 24.3 Å². The Morgan fingerprint density at radius 2 is 2.21 bits per heavy atom. The number of para-hydroxylation sites is 1. The van der Waals surface area contributed by atoms with Crippen molar-refractivity contribution in [2.45, 2.75) is 13.0 Å². The molecule has 1 aromatic rings. The SMILES string of the molecule is C#CCN[C@H](C)c1ccccc1OC. The predicted molar refractivity (Wildman–Crippen MR) is 58.2 cm³/mol. The smallest absolute Gasteiger partial charge is 0.123 e. The molecule has 14 heavy (non-hydrogen) atoms. The van der Waals surface area contributed by atoms with Gasteiger partial charge in [0.25, 0.3) is 0 Å². The lowest BCUT2D eigenvalue weighted by molar-refractivity contribution is 0.403. The van der Waals surface area contributed by atoms with E-state index in [1.54, 1.807) is 7.11 Å². The van der Waals surface area contributed by atoms with Crippen molar-refractivity contribution in [3.63, 3.8) is 0 Å². The molecule has 2 heteroatoms. The van der Waals surface area contributed by atoms with E-state index in [0.717, 1.165) is 11.3 Å². The molecule has 0 unspecified atom stereocenters. The summed E-state index contributed by atoms with van der Waals surface area (Å²) in [6, 6.07) is 8.14. The number of methoxy groups -OCH3 is 1. The van der Waals surface area contributed by atoms with Crippen molar-refractivity contribution in [2.75, 3.05) is 13.7 Å². The van der Waals surface area contributed by atoms with Crippen LogP contribution in [-0.2, 0) is 0 Å². The summed E-state index contributed by atoms with van der Waals surface area (Å²) in [7, 11) is 1.67. The Hall–Kier alpha value is -1.46. The number of rotatable bonds is 4. The predicted octanol–water partition coefficient (Wildman–Crippen LogP) is 1.98. The van der Waals surface area contributed by atoms with E-state index in [-0.39, 0.29) is 6.04 Å². The van der Waals surface area contributed by atoms with Gasteiger partial charge in [-0.25, -0.2) is 0 Å². The molecule has 0 radical (unpaired) electrons. The van der Waals surface area contributed by atoms with Crippen molar-refractivity contribution in [3.05, 3.63) is 29.8 Å². The molecule has 0 amide bonds. The lowest BCUT2D eigenvalue weighted by atomic mass is 10.1. The largest absolute Gasteiger partial charge is 0.496 e. The molecule has 0 fully saturated rings. The van der Waals surface area contributed by atoms with Gasteiger partial charge >= 0.3 is 0 Å². The van der Waals surface area contributed by atoms with E-state index >= 15 is 0 Å². The van der Waals surface area contributed by atoms with Crippen LogP contribution < -0.4 is 10.1 Å². The van der Waals surface area contributed by atoms with E-state index in [1.807, 2.05) is 24.3 Å². The van der Waals surface area contributed by atoms with Gasteiger partial charge in [-0.1, -0.05) is 24.1 Å². The summed E-state index contributed by atoms with van der Waals surface area (Å²) in [4.78, 5) is 0. The quantitative estimate of drug-likeness (QED) is 0.731. The first-order valence-corrected chi connectivity index (χ1v) is 4.59. The highest BCUT2D eigenvalue weighted by molar-refractivity contribution is 5.35. The van der Waals surface area contributed by atoms with Crippen molar-refractivity contribution < 1.29 is 4.74 Å². The number of terminal acetylenes is 1. The second kappa shape index (κ2) is 5.31. The van der Waals surface area contributed by atoms with Crippen LogP contribution in [0.5, 0.6) is 5.75 Å². The summed E-state index contributed by atoms with van der Waals surface area (Å²) in [6.07, 6.45) is 5.18.